The predicted molar refractivity (Wildman–Crippen MR) is 261 cm³/mol. The Morgan fingerprint density at radius 3 is 2.30 bits per heavy atom. The van der Waals surface area contributed by atoms with Crippen molar-refractivity contribution >= 4 is 86.0 Å². The first kappa shape index (κ1) is 47.4. The van der Waals surface area contributed by atoms with Crippen LogP contribution in [-0.2, 0) is 35.3 Å². The lowest BCUT2D eigenvalue weighted by Gasteiger charge is -2.31. The van der Waals surface area contributed by atoms with Crippen LogP contribution in [-0.4, -0.2) is 80.0 Å². The molecule has 1 unspecified atom stereocenters. The van der Waals surface area contributed by atoms with Crippen molar-refractivity contribution in [2.75, 3.05) is 24.3 Å². The number of nitrogens with zero attached hydrogens (tertiary/aromatic N) is 4. The van der Waals surface area contributed by atoms with Gasteiger partial charge in [-0.25, -0.2) is 4.79 Å². The molecule has 8 rings (SSSR count). The third kappa shape index (κ3) is 9.58. The fourth-order valence-corrected chi connectivity index (χ4v) is 9.61. The molecule has 16 nitrogen and oxygen atoms in total. The van der Waals surface area contributed by atoms with Gasteiger partial charge < -0.3 is 19.8 Å². The maximum Gasteiger partial charge on any atom is 0.360 e. The molecule has 17 heteroatoms. The highest BCUT2D eigenvalue weighted by molar-refractivity contribution is 8.04. The summed E-state index contributed by atoms with van der Waals surface area (Å²) in [5.41, 5.74) is 1.60. The van der Waals surface area contributed by atoms with Crippen molar-refractivity contribution in [3.63, 3.8) is 0 Å². The number of anilines is 2. The fraction of sp³-hybridized carbons (Fsp3) is 0.231. The number of carbonyl (C=O) groups excluding carboxylic acids is 7. The third-order valence-electron chi connectivity index (χ3n) is 12.2. The van der Waals surface area contributed by atoms with Crippen molar-refractivity contribution in [3.8, 4) is 11.3 Å². The van der Waals surface area contributed by atoms with E-state index in [9.17, 15) is 38.4 Å². The number of imide groups is 1. The summed E-state index contributed by atoms with van der Waals surface area (Å²) < 4.78 is 11.9. The first-order valence-electron chi connectivity index (χ1n) is 21.9. The SMILES string of the molecule is COC(=O)CC(SC1=C/C=C\C=C/C=C1)C(=O)Nc1cc2ccc(-c3cn(CCN4C(=O)c5cccc6c(NC(=O)CC(C)(C)C7=C(C)C(=O)C(C)=C(C)C7=O)ccc(c56)C4=O)nn3)cc2oc1=O. The standard InChI is InChI=1S/C52H46N6O10S/c1-28-29(2)47(62)45(30(3)46(28)61)52(4,5)26-42(59)53-37-20-19-36-44-34(37)15-12-16-35(44)49(64)58(50(36)65)22-21-57-27-39(55-56-57)31-17-18-32-23-38(51(66)68-40(32)24-31)54-48(63)41(25-43(60)67-6)69-33-13-10-8-7-9-11-14-33/h7-20,23-24,27,41H,21-22,25-26H2,1-6H3,(H,53,59)(H,54,63)/b8-7-,9-7?,10-8?,11-9-,13-10?,14-11?,33-13?,33-14?. The van der Waals surface area contributed by atoms with Gasteiger partial charge >= 0.3 is 11.6 Å². The van der Waals surface area contributed by atoms with Crippen molar-refractivity contribution in [1.82, 2.24) is 19.9 Å². The second-order valence-corrected chi connectivity index (χ2v) is 18.6. The summed E-state index contributed by atoms with van der Waals surface area (Å²) in [4.78, 5) is 108. The monoisotopic (exact) mass is 946 g/mol. The van der Waals surface area contributed by atoms with Gasteiger partial charge in [-0.2, -0.15) is 0 Å². The van der Waals surface area contributed by atoms with Gasteiger partial charge in [0.05, 0.1) is 31.5 Å². The molecule has 0 fully saturated rings. The number of aromatic nitrogens is 3. The zero-order valence-corrected chi connectivity index (χ0v) is 39.3. The maximum absolute atomic E-state index is 13.9. The number of hydrogen-bond acceptors (Lipinski definition) is 13. The summed E-state index contributed by atoms with van der Waals surface area (Å²) >= 11 is 1.15. The van der Waals surface area contributed by atoms with Gasteiger partial charge in [0.15, 0.2) is 11.6 Å². The van der Waals surface area contributed by atoms with Crippen LogP contribution in [0.5, 0.6) is 0 Å². The first-order chi connectivity index (χ1) is 32.9. The van der Waals surface area contributed by atoms with Crippen LogP contribution in [0.15, 0.2) is 140 Å². The second kappa shape index (κ2) is 19.3. The zero-order valence-electron chi connectivity index (χ0n) is 38.5. The van der Waals surface area contributed by atoms with E-state index in [0.717, 1.165) is 21.6 Å². The van der Waals surface area contributed by atoms with Gasteiger partial charge in [-0.05, 0) is 63.3 Å². The molecule has 1 aliphatic heterocycles. The van der Waals surface area contributed by atoms with E-state index in [1.807, 2.05) is 30.4 Å². The molecule has 3 heterocycles. The van der Waals surface area contributed by atoms with E-state index in [-0.39, 0.29) is 59.9 Å². The Morgan fingerprint density at radius 1 is 0.812 bits per heavy atom. The number of amides is 4. The molecule has 2 N–H and O–H groups in total. The highest BCUT2D eigenvalue weighted by atomic mass is 32.2. The van der Waals surface area contributed by atoms with E-state index in [2.05, 4.69) is 20.9 Å². The minimum atomic E-state index is -0.979. The zero-order chi connectivity index (χ0) is 49.3. The summed E-state index contributed by atoms with van der Waals surface area (Å²) in [5, 5.41) is 14.5. The van der Waals surface area contributed by atoms with Crippen LogP contribution in [0.3, 0.4) is 0 Å². The number of esters is 1. The number of fused-ring (bicyclic) bond motifs is 1. The van der Waals surface area contributed by atoms with Gasteiger partial charge in [0.1, 0.15) is 17.0 Å². The number of ether oxygens (including phenoxy) is 1. The third-order valence-corrected chi connectivity index (χ3v) is 13.4. The number of nitrogens with one attached hydrogen (secondary N) is 2. The van der Waals surface area contributed by atoms with E-state index in [0.29, 0.717) is 55.4 Å². The summed E-state index contributed by atoms with van der Waals surface area (Å²) in [7, 11) is 1.23. The van der Waals surface area contributed by atoms with Crippen molar-refractivity contribution in [2.45, 2.75) is 59.3 Å². The Balaban J connectivity index is 0.933. The van der Waals surface area contributed by atoms with Crippen LogP contribution >= 0.6 is 11.8 Å². The molecule has 5 aromatic rings. The number of ketones is 2. The van der Waals surface area contributed by atoms with Gasteiger partial charge in [0.2, 0.25) is 11.8 Å². The molecule has 69 heavy (non-hydrogen) atoms. The number of rotatable bonds is 14. The number of benzene rings is 3. The molecule has 2 aliphatic carbocycles. The normalized spacial score (nSPS) is 16.4. The van der Waals surface area contributed by atoms with Gasteiger partial charge in [-0.3, -0.25) is 43.1 Å². The molecule has 3 aromatic carbocycles. The van der Waals surface area contributed by atoms with Crippen LogP contribution in [0.1, 0.15) is 68.2 Å². The van der Waals surface area contributed by atoms with E-state index < -0.39 is 45.9 Å². The van der Waals surface area contributed by atoms with Crippen molar-refractivity contribution in [1.29, 1.82) is 0 Å². The molecular weight excluding hydrogens is 901 g/mol. The van der Waals surface area contributed by atoms with Gasteiger partial charge in [0.25, 0.3) is 11.8 Å². The topological polar surface area (TPSA) is 217 Å². The van der Waals surface area contributed by atoms with Gasteiger partial charge in [0, 0.05) is 84.1 Å². The predicted octanol–water partition coefficient (Wildman–Crippen LogP) is 7.83. The average Bonchev–Trinajstić information content (AvgIpc) is 3.79. The van der Waals surface area contributed by atoms with Crippen LogP contribution in [0.4, 0.5) is 11.4 Å². The minimum Gasteiger partial charge on any atom is -0.469 e. The highest BCUT2D eigenvalue weighted by Crippen LogP contribution is 2.40. The van der Waals surface area contributed by atoms with E-state index in [1.54, 1.807) is 101 Å². The molecule has 0 spiro atoms. The molecule has 3 aliphatic rings. The number of thioether (sulfide) groups is 1. The second-order valence-electron chi connectivity index (χ2n) is 17.3. The molecule has 1 atom stereocenters. The molecule has 350 valence electrons. The van der Waals surface area contributed by atoms with Crippen LogP contribution in [0, 0.1) is 5.41 Å². The lowest BCUT2D eigenvalue weighted by atomic mass is 9.71. The Hall–Kier alpha value is -8.05. The van der Waals surface area contributed by atoms with Crippen molar-refractivity contribution in [2.24, 2.45) is 5.41 Å². The Labute approximate surface area is 399 Å². The first-order valence-corrected chi connectivity index (χ1v) is 22.8. The summed E-state index contributed by atoms with van der Waals surface area (Å²) in [6.07, 6.45) is 14.0. The lowest BCUT2D eigenvalue weighted by molar-refractivity contribution is -0.141. The number of Topliss-reactive ketones (excluding diaryl/α,β-unsaturated/α-hetero) is 2. The van der Waals surface area contributed by atoms with E-state index in [1.165, 1.54) is 17.9 Å². The van der Waals surface area contributed by atoms with Gasteiger partial charge in [-0.1, -0.05) is 73.7 Å². The summed E-state index contributed by atoms with van der Waals surface area (Å²) in [6.45, 7) is 8.39. The largest absolute Gasteiger partial charge is 0.469 e. The molecule has 0 radical (unpaired) electrons. The molecular formula is C52H46N6O10S. The van der Waals surface area contributed by atoms with E-state index >= 15 is 0 Å². The van der Waals surface area contributed by atoms with Crippen LogP contribution in [0.2, 0.25) is 0 Å². The molecule has 0 saturated heterocycles. The van der Waals surface area contributed by atoms with Crippen molar-refractivity contribution < 1.29 is 42.7 Å². The smallest absolute Gasteiger partial charge is 0.360 e. The Bertz CT molecular complexity index is 3310. The average molecular weight is 947 g/mol. The number of carbonyl (C=O) groups is 7. The van der Waals surface area contributed by atoms with Gasteiger partial charge in [-0.15, -0.1) is 16.9 Å². The Morgan fingerprint density at radius 2 is 1.54 bits per heavy atom. The van der Waals surface area contributed by atoms with Crippen molar-refractivity contribution in [3.05, 3.63) is 152 Å². The molecule has 2 aromatic heterocycles. The number of allylic oxidation sites excluding steroid dienone is 11. The fourth-order valence-electron chi connectivity index (χ4n) is 8.58. The maximum atomic E-state index is 13.9. The van der Waals surface area contributed by atoms with Crippen LogP contribution in [0.25, 0.3) is 33.0 Å². The van der Waals surface area contributed by atoms with E-state index in [4.69, 9.17) is 9.15 Å². The summed E-state index contributed by atoms with van der Waals surface area (Å²) in [6, 6.07) is 14.7. The lowest BCUT2D eigenvalue weighted by Crippen LogP contribution is -2.42. The molecule has 4 amide bonds. The molecule has 0 bridgehead atoms. The highest BCUT2D eigenvalue weighted by Gasteiger charge is 2.39. The number of methoxy groups -OCH3 is 1. The quantitative estimate of drug-likeness (QED) is 0.0470. The number of hydrogen-bond donors (Lipinski definition) is 2. The van der Waals surface area contributed by atoms with Crippen LogP contribution < -0.4 is 16.3 Å². The Kier molecular flexibility index (Phi) is 13.3. The minimum absolute atomic E-state index is 0.0443. The summed E-state index contributed by atoms with van der Waals surface area (Å²) in [5.74, 6) is -3.13. The molecule has 0 saturated carbocycles.